The monoisotopic (exact) mass is 131 g/mol. The lowest BCUT2D eigenvalue weighted by Crippen LogP contribution is -1.72. The second-order valence-electron chi connectivity index (χ2n) is 1.17. The maximum Gasteiger partial charge on any atom is 0.0604 e. The number of nitrogens with zero attached hydrogens (tertiary/aromatic N) is 2. The summed E-state index contributed by atoms with van der Waals surface area (Å²) in [6.45, 7) is 1.94. The summed E-state index contributed by atoms with van der Waals surface area (Å²) in [6.07, 6.45) is 3.59. The molecule has 0 aromatic rings. The van der Waals surface area contributed by atoms with E-state index in [1.54, 1.807) is 18.0 Å². The van der Waals surface area contributed by atoms with E-state index in [1.165, 1.54) is 0 Å². The predicted molar refractivity (Wildman–Crippen MR) is 36.3 cm³/mol. The van der Waals surface area contributed by atoms with Gasteiger partial charge in [0.2, 0.25) is 0 Å². The second kappa shape index (κ2) is 4.64. The van der Waals surface area contributed by atoms with Gasteiger partial charge in [-0.3, -0.25) is 0 Å². The van der Waals surface area contributed by atoms with Crippen molar-refractivity contribution < 1.29 is 0 Å². The third kappa shape index (κ3) is 3.67. The summed E-state index contributed by atoms with van der Waals surface area (Å²) in [6, 6.07) is 0. The molecule has 0 aliphatic rings. The van der Waals surface area contributed by atoms with Crippen molar-refractivity contribution in [3.05, 3.63) is 11.1 Å². The van der Waals surface area contributed by atoms with Crippen LogP contribution in [0.2, 0.25) is 0 Å². The summed E-state index contributed by atoms with van der Waals surface area (Å²) < 4.78 is 0. The number of nitrogens with two attached hydrogens (primary N) is 1. The van der Waals surface area contributed by atoms with Crippen molar-refractivity contribution in [2.45, 2.75) is 6.92 Å². The molecule has 0 aromatic carbocycles. The molecule has 0 unspecified atom stereocenters. The van der Waals surface area contributed by atoms with Gasteiger partial charge in [-0.15, -0.1) is 16.9 Å². The minimum absolute atomic E-state index is 1.10. The predicted octanol–water partition coefficient (Wildman–Crippen LogP) is 1.54. The van der Waals surface area contributed by atoms with Crippen LogP contribution in [0.15, 0.2) is 21.4 Å². The first-order valence-corrected chi connectivity index (χ1v) is 3.34. The van der Waals surface area contributed by atoms with Gasteiger partial charge in [0.25, 0.3) is 0 Å². The summed E-state index contributed by atoms with van der Waals surface area (Å²) >= 11 is 1.62. The Bertz CT molecular complexity index is 108. The molecule has 3 nitrogen and oxygen atoms in total. The highest BCUT2D eigenvalue weighted by Gasteiger charge is 1.77. The normalized spacial score (nSPS) is 13.0. The molecule has 0 atom stereocenters. The average molecular weight is 131 g/mol. The minimum atomic E-state index is 1.10. The molecule has 0 aliphatic heterocycles. The number of allylic oxidation sites excluding steroid dienone is 1. The molecule has 0 spiro atoms. The van der Waals surface area contributed by atoms with Gasteiger partial charge in [-0.2, -0.15) is 0 Å². The third-order valence-corrected chi connectivity index (χ3v) is 1.38. The number of thioether (sulfide) groups is 1. The van der Waals surface area contributed by atoms with Gasteiger partial charge in [0, 0.05) is 4.91 Å². The van der Waals surface area contributed by atoms with Crippen LogP contribution in [-0.4, -0.2) is 6.26 Å². The molecule has 0 saturated heterocycles. The highest BCUT2D eigenvalue weighted by Crippen LogP contribution is 2.08. The van der Waals surface area contributed by atoms with Crippen LogP contribution in [0.3, 0.4) is 0 Å². The average Bonchev–Trinajstić information content (AvgIpc) is 1.83. The molecule has 0 heterocycles. The van der Waals surface area contributed by atoms with Crippen LogP contribution < -0.4 is 5.84 Å². The van der Waals surface area contributed by atoms with Crippen molar-refractivity contribution in [2.24, 2.45) is 16.2 Å². The molecule has 0 amide bonds. The van der Waals surface area contributed by atoms with E-state index in [1.807, 2.05) is 13.2 Å². The van der Waals surface area contributed by atoms with Crippen molar-refractivity contribution in [2.75, 3.05) is 6.26 Å². The standard InChI is InChI=1S/C4H9N3S/c1-4(8-2)3-6-7-5/h3H,1-2H3,(H2,5,6)/b4-3+. The topological polar surface area (TPSA) is 50.7 Å². The lowest BCUT2D eigenvalue weighted by molar-refractivity contribution is 1.05. The largest absolute Gasteiger partial charge is 0.305 e. The summed E-state index contributed by atoms with van der Waals surface area (Å²) in [7, 11) is 0. The van der Waals surface area contributed by atoms with Gasteiger partial charge in [0.1, 0.15) is 0 Å². The Balaban J connectivity index is 3.57. The Labute approximate surface area is 53.0 Å². The Morgan fingerprint density at radius 3 is 2.75 bits per heavy atom. The van der Waals surface area contributed by atoms with E-state index in [4.69, 9.17) is 5.84 Å². The van der Waals surface area contributed by atoms with Crippen LogP contribution in [0, 0.1) is 0 Å². The van der Waals surface area contributed by atoms with Gasteiger partial charge >= 0.3 is 0 Å². The SMILES string of the molecule is CS/C(C)=C/N=NN. The van der Waals surface area contributed by atoms with E-state index < -0.39 is 0 Å². The first kappa shape index (κ1) is 7.49. The Kier molecular flexibility index (Phi) is 4.35. The highest BCUT2D eigenvalue weighted by atomic mass is 32.2. The van der Waals surface area contributed by atoms with Crippen LogP contribution in [0.1, 0.15) is 6.92 Å². The number of hydrogen-bond donors (Lipinski definition) is 1. The zero-order valence-corrected chi connectivity index (χ0v) is 5.77. The van der Waals surface area contributed by atoms with Crippen molar-refractivity contribution in [1.82, 2.24) is 0 Å². The van der Waals surface area contributed by atoms with Crippen LogP contribution in [-0.2, 0) is 0 Å². The molecule has 0 radical (unpaired) electrons. The molecule has 46 valence electrons. The maximum atomic E-state index is 4.74. The molecule has 0 aliphatic carbocycles. The Hall–Kier alpha value is -0.510. The van der Waals surface area contributed by atoms with Gasteiger partial charge in [0.15, 0.2) is 0 Å². The second-order valence-corrected chi connectivity index (χ2v) is 2.23. The van der Waals surface area contributed by atoms with Crippen LogP contribution >= 0.6 is 11.8 Å². The molecule has 2 N–H and O–H groups in total. The summed E-state index contributed by atoms with van der Waals surface area (Å²) in [4.78, 5) is 1.10. The van der Waals surface area contributed by atoms with E-state index in [2.05, 4.69) is 10.3 Å². The highest BCUT2D eigenvalue weighted by molar-refractivity contribution is 8.02. The van der Waals surface area contributed by atoms with Gasteiger partial charge in [-0.05, 0) is 13.2 Å². The van der Waals surface area contributed by atoms with Crippen LogP contribution in [0.4, 0.5) is 0 Å². The fraction of sp³-hybridized carbons (Fsp3) is 0.500. The molecule has 0 saturated carbocycles. The number of rotatable bonds is 2. The van der Waals surface area contributed by atoms with Crippen LogP contribution in [0.5, 0.6) is 0 Å². The summed E-state index contributed by atoms with van der Waals surface area (Å²) in [5, 5.41) is 6.52. The molecule has 0 fully saturated rings. The van der Waals surface area contributed by atoms with E-state index >= 15 is 0 Å². The van der Waals surface area contributed by atoms with E-state index in [-0.39, 0.29) is 0 Å². The van der Waals surface area contributed by atoms with Gasteiger partial charge < -0.3 is 5.84 Å². The molecule has 0 aromatic heterocycles. The van der Waals surface area contributed by atoms with E-state index in [9.17, 15) is 0 Å². The molecule has 8 heavy (non-hydrogen) atoms. The molecule has 0 bridgehead atoms. The van der Waals surface area contributed by atoms with Gasteiger partial charge in [0.05, 0.1) is 6.20 Å². The van der Waals surface area contributed by atoms with E-state index in [0.717, 1.165) is 4.91 Å². The zero-order chi connectivity index (χ0) is 6.41. The van der Waals surface area contributed by atoms with Crippen molar-refractivity contribution in [3.63, 3.8) is 0 Å². The lowest BCUT2D eigenvalue weighted by atomic mass is 10.7. The number of hydrogen-bond acceptors (Lipinski definition) is 3. The van der Waals surface area contributed by atoms with Gasteiger partial charge in [-0.1, -0.05) is 5.22 Å². The smallest absolute Gasteiger partial charge is 0.0604 e. The molecule has 4 heteroatoms. The summed E-state index contributed by atoms with van der Waals surface area (Å²) in [5.74, 6) is 4.74. The Morgan fingerprint density at radius 1 is 1.75 bits per heavy atom. The fourth-order valence-electron chi connectivity index (χ4n) is 0.167. The summed E-state index contributed by atoms with van der Waals surface area (Å²) in [5.41, 5.74) is 0. The first-order chi connectivity index (χ1) is 3.81. The maximum absolute atomic E-state index is 4.74. The van der Waals surface area contributed by atoms with E-state index in [0.29, 0.717) is 0 Å². The first-order valence-electron chi connectivity index (χ1n) is 2.12. The Morgan fingerprint density at radius 2 is 2.38 bits per heavy atom. The zero-order valence-electron chi connectivity index (χ0n) is 4.96. The molecule has 0 rings (SSSR count). The van der Waals surface area contributed by atoms with Crippen molar-refractivity contribution >= 4 is 11.8 Å². The minimum Gasteiger partial charge on any atom is -0.305 e. The van der Waals surface area contributed by atoms with Gasteiger partial charge in [-0.25, -0.2) is 0 Å². The quantitative estimate of drug-likeness (QED) is 0.351. The van der Waals surface area contributed by atoms with Crippen LogP contribution in [0.25, 0.3) is 0 Å². The fourth-order valence-corrected chi connectivity index (χ4v) is 0.320. The van der Waals surface area contributed by atoms with Crippen molar-refractivity contribution in [3.8, 4) is 0 Å². The molecular weight excluding hydrogens is 122 g/mol. The third-order valence-electron chi connectivity index (χ3n) is 0.628. The molecular formula is C4H9N3S. The lowest BCUT2D eigenvalue weighted by Gasteiger charge is -1.85. The van der Waals surface area contributed by atoms with Crippen molar-refractivity contribution in [1.29, 1.82) is 0 Å².